The van der Waals surface area contributed by atoms with Crippen LogP contribution in [0.5, 0.6) is 0 Å². The molecule has 2 saturated heterocycles. The van der Waals surface area contributed by atoms with Gasteiger partial charge < -0.3 is 15.7 Å². The largest absolute Gasteiger partial charge is 0.477 e. The Morgan fingerprint density at radius 1 is 1.20 bits per heavy atom. The normalized spacial score (nSPS) is 22.4. The van der Waals surface area contributed by atoms with Gasteiger partial charge in [-0.2, -0.15) is 0 Å². The van der Waals surface area contributed by atoms with E-state index in [1.807, 2.05) is 0 Å². The van der Waals surface area contributed by atoms with Crippen LogP contribution in [0.4, 0.5) is 19.0 Å². The number of anilines is 1. The maximum Gasteiger partial charge on any atom is 0.341 e. The highest BCUT2D eigenvalue weighted by molar-refractivity contribution is 5.92. The van der Waals surface area contributed by atoms with Crippen molar-refractivity contribution in [2.75, 3.05) is 11.4 Å². The van der Waals surface area contributed by atoms with Crippen LogP contribution in [0, 0.1) is 17.5 Å². The molecule has 10 heteroatoms. The molecule has 2 aliphatic heterocycles. The summed E-state index contributed by atoms with van der Waals surface area (Å²) in [4.78, 5) is 30.1. The summed E-state index contributed by atoms with van der Waals surface area (Å²) in [6, 6.07) is 3.61. The van der Waals surface area contributed by atoms with Crippen LogP contribution in [0.15, 0.2) is 35.3 Å². The lowest BCUT2D eigenvalue weighted by Gasteiger charge is -2.33. The van der Waals surface area contributed by atoms with Gasteiger partial charge in [0.15, 0.2) is 17.3 Å². The Bertz CT molecular complexity index is 1300. The summed E-state index contributed by atoms with van der Waals surface area (Å²) in [5.41, 5.74) is 3.75. The molecule has 154 valence electrons. The van der Waals surface area contributed by atoms with Crippen molar-refractivity contribution in [1.82, 2.24) is 9.55 Å². The number of hydrogen-bond acceptors (Lipinski definition) is 5. The van der Waals surface area contributed by atoms with E-state index in [-0.39, 0.29) is 28.6 Å². The maximum absolute atomic E-state index is 14.9. The number of pyridine rings is 2. The molecule has 2 aromatic heterocycles. The quantitative estimate of drug-likeness (QED) is 0.679. The predicted molar refractivity (Wildman–Crippen MR) is 101 cm³/mol. The van der Waals surface area contributed by atoms with E-state index in [0.29, 0.717) is 25.5 Å². The Balaban J connectivity index is 1.81. The van der Waals surface area contributed by atoms with Crippen LogP contribution in [0.2, 0.25) is 0 Å². The van der Waals surface area contributed by atoms with E-state index >= 15 is 0 Å². The molecule has 0 radical (unpaired) electrons. The number of aromatic nitrogens is 2. The molecule has 3 aromatic rings. The Morgan fingerprint density at radius 2 is 1.93 bits per heavy atom. The van der Waals surface area contributed by atoms with Crippen molar-refractivity contribution in [1.29, 1.82) is 0 Å². The molecule has 1 aliphatic carbocycles. The zero-order valence-corrected chi connectivity index (χ0v) is 15.4. The SMILES string of the molecule is NC12CC(C1)N(c1nc3c(cc1F)c(=O)c(C(=O)O)cn3-c1ccc(F)cc1F)C2. The Hall–Kier alpha value is -3.40. The third kappa shape index (κ3) is 2.60. The number of rotatable bonds is 3. The van der Waals surface area contributed by atoms with Crippen LogP contribution < -0.4 is 16.1 Å². The molecule has 30 heavy (non-hydrogen) atoms. The average Bonchev–Trinajstić information content (AvgIpc) is 3.15. The van der Waals surface area contributed by atoms with E-state index in [2.05, 4.69) is 4.98 Å². The van der Waals surface area contributed by atoms with E-state index in [0.717, 1.165) is 29.0 Å². The van der Waals surface area contributed by atoms with E-state index in [4.69, 9.17) is 5.73 Å². The molecule has 0 atom stereocenters. The first-order valence-electron chi connectivity index (χ1n) is 9.17. The summed E-state index contributed by atoms with van der Waals surface area (Å²) in [5.74, 6) is -4.23. The number of nitrogens with zero attached hydrogens (tertiary/aromatic N) is 3. The summed E-state index contributed by atoms with van der Waals surface area (Å²) in [6.45, 7) is 0.384. The van der Waals surface area contributed by atoms with Gasteiger partial charge in [0.05, 0.1) is 11.1 Å². The molecular formula is C20H15F3N4O3. The second kappa shape index (κ2) is 6.05. The van der Waals surface area contributed by atoms with Crippen LogP contribution in [-0.4, -0.2) is 38.8 Å². The fraction of sp³-hybridized carbons (Fsp3) is 0.250. The first kappa shape index (κ1) is 18.6. The predicted octanol–water partition coefficient (Wildman–Crippen LogP) is 2.18. The second-order valence-electron chi connectivity index (χ2n) is 7.86. The lowest BCUT2D eigenvalue weighted by molar-refractivity contribution is 0.0695. The fourth-order valence-corrected chi connectivity index (χ4v) is 4.37. The fourth-order valence-electron chi connectivity index (χ4n) is 4.37. The van der Waals surface area contributed by atoms with Crippen molar-refractivity contribution in [3.63, 3.8) is 0 Å². The zero-order valence-electron chi connectivity index (χ0n) is 15.4. The smallest absolute Gasteiger partial charge is 0.341 e. The van der Waals surface area contributed by atoms with Gasteiger partial charge in [-0.05, 0) is 31.0 Å². The summed E-state index contributed by atoms with van der Waals surface area (Å²) in [5, 5.41) is 9.05. The number of hydrogen-bond donors (Lipinski definition) is 2. The van der Waals surface area contributed by atoms with Crippen LogP contribution in [0.25, 0.3) is 16.7 Å². The standard InChI is InChI=1S/C20H15F3N4O3/c21-9-1-2-15(13(22)3-9)26-7-12(19(29)30)16(28)11-4-14(23)18(25-17(11)26)27-8-20(24)5-10(27)6-20/h1-4,7,10H,5-6,8,24H2,(H,29,30). The molecule has 7 nitrogen and oxygen atoms in total. The van der Waals surface area contributed by atoms with Crippen molar-refractivity contribution >= 4 is 22.8 Å². The molecule has 3 aliphatic rings. The molecule has 1 saturated carbocycles. The second-order valence-corrected chi connectivity index (χ2v) is 7.86. The average molecular weight is 416 g/mol. The van der Waals surface area contributed by atoms with Crippen LogP contribution in [-0.2, 0) is 0 Å². The van der Waals surface area contributed by atoms with Crippen molar-refractivity contribution in [3.8, 4) is 5.69 Å². The summed E-state index contributed by atoms with van der Waals surface area (Å²) in [6.07, 6.45) is 2.28. The first-order valence-corrected chi connectivity index (χ1v) is 9.17. The van der Waals surface area contributed by atoms with Gasteiger partial charge in [0.1, 0.15) is 17.2 Å². The Morgan fingerprint density at radius 3 is 2.53 bits per heavy atom. The summed E-state index contributed by atoms with van der Waals surface area (Å²) < 4.78 is 43.8. The van der Waals surface area contributed by atoms with Gasteiger partial charge in [-0.25, -0.2) is 22.9 Å². The monoisotopic (exact) mass is 416 g/mol. The number of carboxylic acid groups (broad SMARTS) is 1. The molecular weight excluding hydrogens is 401 g/mol. The molecule has 3 fully saturated rings. The lowest BCUT2D eigenvalue weighted by atomic mass is 9.79. The Kier molecular flexibility index (Phi) is 3.75. The molecule has 0 amide bonds. The zero-order chi connectivity index (χ0) is 21.4. The van der Waals surface area contributed by atoms with Crippen molar-refractivity contribution in [2.24, 2.45) is 5.73 Å². The number of carbonyl (C=O) groups is 1. The number of nitrogens with two attached hydrogens (primary N) is 1. The number of carboxylic acids is 1. The highest BCUT2D eigenvalue weighted by Crippen LogP contribution is 2.45. The maximum atomic E-state index is 14.9. The molecule has 6 rings (SSSR count). The summed E-state index contributed by atoms with van der Waals surface area (Å²) >= 11 is 0. The number of halogens is 3. The molecule has 4 heterocycles. The number of aromatic carboxylic acids is 1. The Labute approximate surface area is 167 Å². The van der Waals surface area contributed by atoms with E-state index < -0.39 is 40.0 Å². The third-order valence-electron chi connectivity index (χ3n) is 5.80. The number of fused-ring (bicyclic) bond motifs is 2. The first-order chi connectivity index (χ1) is 14.2. The van der Waals surface area contributed by atoms with Gasteiger partial charge in [0, 0.05) is 30.4 Å². The third-order valence-corrected chi connectivity index (χ3v) is 5.80. The minimum absolute atomic E-state index is 0.00970. The van der Waals surface area contributed by atoms with Gasteiger partial charge in [-0.1, -0.05) is 0 Å². The van der Waals surface area contributed by atoms with Gasteiger partial charge in [-0.3, -0.25) is 9.36 Å². The van der Waals surface area contributed by atoms with Crippen molar-refractivity contribution in [3.05, 3.63) is 63.7 Å². The van der Waals surface area contributed by atoms with E-state index in [1.54, 1.807) is 4.90 Å². The van der Waals surface area contributed by atoms with Crippen LogP contribution >= 0.6 is 0 Å². The highest BCUT2D eigenvalue weighted by Gasteiger charge is 2.53. The van der Waals surface area contributed by atoms with Crippen LogP contribution in [0.1, 0.15) is 23.2 Å². The lowest BCUT2D eigenvalue weighted by Crippen LogP contribution is -2.48. The van der Waals surface area contributed by atoms with Gasteiger partial charge in [0.2, 0.25) is 5.43 Å². The molecule has 0 unspecified atom stereocenters. The topological polar surface area (TPSA) is 101 Å². The highest BCUT2D eigenvalue weighted by atomic mass is 19.1. The molecule has 0 spiro atoms. The summed E-state index contributed by atoms with van der Waals surface area (Å²) in [7, 11) is 0. The van der Waals surface area contributed by atoms with Gasteiger partial charge >= 0.3 is 5.97 Å². The van der Waals surface area contributed by atoms with Crippen LogP contribution in [0.3, 0.4) is 0 Å². The van der Waals surface area contributed by atoms with E-state index in [9.17, 15) is 27.9 Å². The molecule has 2 bridgehead atoms. The van der Waals surface area contributed by atoms with Crippen molar-refractivity contribution in [2.45, 2.75) is 24.4 Å². The minimum atomic E-state index is -1.56. The number of benzene rings is 1. The minimum Gasteiger partial charge on any atom is -0.477 e. The molecule has 3 N–H and O–H groups in total. The van der Waals surface area contributed by atoms with Gasteiger partial charge in [0.25, 0.3) is 0 Å². The van der Waals surface area contributed by atoms with Crippen molar-refractivity contribution < 1.29 is 23.1 Å². The molecule has 1 aromatic carbocycles. The van der Waals surface area contributed by atoms with E-state index in [1.165, 1.54) is 0 Å². The van der Waals surface area contributed by atoms with Gasteiger partial charge in [-0.15, -0.1) is 0 Å².